The number of rotatable bonds is 5. The Morgan fingerprint density at radius 2 is 2.20 bits per heavy atom. The Balaban J connectivity index is 1.40. The maximum Gasteiger partial charge on any atom is 0.236 e. The van der Waals surface area contributed by atoms with Crippen LogP contribution in [0.2, 0.25) is 0 Å². The molecule has 0 aliphatic carbocycles. The molecule has 1 atom stereocenters. The molecule has 1 saturated heterocycles. The average molecular weight is 372 g/mol. The van der Waals surface area contributed by atoms with Gasteiger partial charge in [-0.1, -0.05) is 18.2 Å². The lowest BCUT2D eigenvalue weighted by atomic mass is 10.2. The summed E-state index contributed by atoms with van der Waals surface area (Å²) in [5.41, 5.74) is 1.01. The van der Waals surface area contributed by atoms with E-state index < -0.39 is 0 Å². The highest BCUT2D eigenvalue weighted by Crippen LogP contribution is 2.34. The first-order valence-corrected chi connectivity index (χ1v) is 10.3. The molecule has 4 nitrogen and oxygen atoms in total. The van der Waals surface area contributed by atoms with Crippen LogP contribution in [0.1, 0.15) is 28.8 Å². The topological polar surface area (TPSA) is 36.4 Å². The molecule has 3 heterocycles. The van der Waals surface area contributed by atoms with E-state index in [0.717, 1.165) is 29.9 Å². The number of para-hydroxylation sites is 1. The molecule has 1 fully saturated rings. The Kier molecular flexibility index (Phi) is 4.83. The van der Waals surface area contributed by atoms with E-state index >= 15 is 0 Å². The minimum absolute atomic E-state index is 0.169. The lowest BCUT2D eigenvalue weighted by Gasteiger charge is -2.25. The number of benzene rings is 1. The molecule has 1 aliphatic rings. The monoisotopic (exact) mass is 371 g/mol. The van der Waals surface area contributed by atoms with Gasteiger partial charge < -0.3 is 4.90 Å². The van der Waals surface area contributed by atoms with Crippen molar-refractivity contribution in [3.8, 4) is 0 Å². The van der Waals surface area contributed by atoms with Crippen molar-refractivity contribution in [2.24, 2.45) is 0 Å². The van der Waals surface area contributed by atoms with Gasteiger partial charge in [-0.2, -0.15) is 0 Å². The molecular formula is C19H21N3OS2. The third-order valence-electron chi connectivity index (χ3n) is 4.71. The molecule has 0 bridgehead atoms. The second kappa shape index (κ2) is 7.23. The fraction of sp³-hybridized carbons (Fsp3) is 0.368. The minimum atomic E-state index is 0.169. The van der Waals surface area contributed by atoms with Gasteiger partial charge in [-0.15, -0.1) is 22.7 Å². The largest absolute Gasteiger partial charge is 0.338 e. The number of likely N-dealkylation sites (N-methyl/N-ethyl adjacent to an activating group) is 1. The second-order valence-electron chi connectivity index (χ2n) is 6.47. The van der Waals surface area contributed by atoms with Gasteiger partial charge in [0, 0.05) is 18.0 Å². The highest BCUT2D eigenvalue weighted by Gasteiger charge is 2.29. The van der Waals surface area contributed by atoms with Crippen molar-refractivity contribution in [1.82, 2.24) is 14.8 Å². The number of hydrogen-bond acceptors (Lipinski definition) is 5. The lowest BCUT2D eigenvalue weighted by molar-refractivity contribution is -0.131. The summed E-state index contributed by atoms with van der Waals surface area (Å²) >= 11 is 3.46. The zero-order chi connectivity index (χ0) is 17.2. The fourth-order valence-electron chi connectivity index (χ4n) is 3.39. The zero-order valence-electron chi connectivity index (χ0n) is 14.2. The van der Waals surface area contributed by atoms with E-state index in [9.17, 15) is 4.79 Å². The summed E-state index contributed by atoms with van der Waals surface area (Å²) in [5, 5.41) is 3.11. The third-order valence-corrected chi connectivity index (χ3v) is 6.70. The minimum Gasteiger partial charge on any atom is -0.338 e. The molecule has 1 aromatic carbocycles. The van der Waals surface area contributed by atoms with Crippen molar-refractivity contribution in [2.75, 3.05) is 20.1 Å². The smallest absolute Gasteiger partial charge is 0.236 e. The van der Waals surface area contributed by atoms with Crippen LogP contribution in [0.25, 0.3) is 10.2 Å². The highest BCUT2D eigenvalue weighted by molar-refractivity contribution is 7.18. The number of carbonyl (C=O) groups is 1. The predicted octanol–water partition coefficient (Wildman–Crippen LogP) is 4.15. The highest BCUT2D eigenvalue weighted by atomic mass is 32.1. The molecule has 0 radical (unpaired) electrons. The molecule has 0 unspecified atom stereocenters. The molecule has 0 N–H and O–H groups in total. The summed E-state index contributed by atoms with van der Waals surface area (Å²) in [6.07, 6.45) is 2.31. The Hall–Kier alpha value is -1.76. The van der Waals surface area contributed by atoms with Crippen molar-refractivity contribution >= 4 is 38.8 Å². The van der Waals surface area contributed by atoms with Gasteiger partial charge in [0.25, 0.3) is 0 Å². The summed E-state index contributed by atoms with van der Waals surface area (Å²) in [6, 6.07) is 12.8. The van der Waals surface area contributed by atoms with Gasteiger partial charge >= 0.3 is 0 Å². The first kappa shape index (κ1) is 16.7. The SMILES string of the molecule is CN(Cc1nc2ccccc2s1)C(=O)CN1CCC[C@H]1c1cccs1. The number of hydrogen-bond donors (Lipinski definition) is 0. The molecule has 25 heavy (non-hydrogen) atoms. The number of fused-ring (bicyclic) bond motifs is 1. The fourth-order valence-corrected chi connectivity index (χ4v) is 5.31. The van der Waals surface area contributed by atoms with Gasteiger partial charge in [0.15, 0.2) is 0 Å². The Bertz CT molecular complexity index is 826. The summed E-state index contributed by atoms with van der Waals surface area (Å²) in [5.74, 6) is 0.169. The van der Waals surface area contributed by atoms with Gasteiger partial charge in [-0.25, -0.2) is 4.98 Å². The van der Waals surface area contributed by atoms with Crippen molar-refractivity contribution < 1.29 is 4.79 Å². The molecule has 3 aromatic rings. The first-order valence-electron chi connectivity index (χ1n) is 8.56. The van der Waals surface area contributed by atoms with Crippen LogP contribution >= 0.6 is 22.7 Å². The first-order chi connectivity index (χ1) is 12.2. The number of thiophene rings is 1. The van der Waals surface area contributed by atoms with E-state index in [1.807, 2.05) is 30.1 Å². The van der Waals surface area contributed by atoms with E-state index in [1.54, 1.807) is 22.7 Å². The summed E-state index contributed by atoms with van der Waals surface area (Å²) in [4.78, 5) is 22.8. The molecular weight excluding hydrogens is 350 g/mol. The molecule has 2 aromatic heterocycles. The number of aromatic nitrogens is 1. The number of nitrogens with zero attached hydrogens (tertiary/aromatic N) is 3. The van der Waals surface area contributed by atoms with E-state index in [-0.39, 0.29) is 5.91 Å². The van der Waals surface area contributed by atoms with Crippen LogP contribution in [0.15, 0.2) is 41.8 Å². The summed E-state index contributed by atoms with van der Waals surface area (Å²) in [7, 11) is 1.88. The Morgan fingerprint density at radius 3 is 3.00 bits per heavy atom. The standard InChI is InChI=1S/C19H21N3OS2/c1-21(12-18-20-14-6-2-3-8-16(14)25-18)19(23)13-22-10-4-7-15(22)17-9-5-11-24-17/h2-3,5-6,8-9,11,15H,4,7,10,12-13H2,1H3/t15-/m0/s1. The Morgan fingerprint density at radius 1 is 1.32 bits per heavy atom. The van der Waals surface area contributed by atoms with E-state index in [4.69, 9.17) is 0 Å². The van der Waals surface area contributed by atoms with Crippen molar-refractivity contribution in [1.29, 1.82) is 0 Å². The predicted molar refractivity (Wildman–Crippen MR) is 104 cm³/mol. The molecule has 0 spiro atoms. The number of amides is 1. The van der Waals surface area contributed by atoms with Crippen LogP contribution in [-0.4, -0.2) is 40.8 Å². The molecule has 1 aliphatic heterocycles. The quantitative estimate of drug-likeness (QED) is 0.676. The number of thiazole rings is 1. The zero-order valence-corrected chi connectivity index (χ0v) is 15.9. The van der Waals surface area contributed by atoms with E-state index in [0.29, 0.717) is 19.1 Å². The van der Waals surface area contributed by atoms with Gasteiger partial charge in [-0.05, 0) is 43.0 Å². The van der Waals surface area contributed by atoms with Crippen molar-refractivity contribution in [2.45, 2.75) is 25.4 Å². The van der Waals surface area contributed by atoms with E-state index in [1.165, 1.54) is 9.58 Å². The molecule has 0 saturated carbocycles. The van der Waals surface area contributed by atoms with Crippen LogP contribution < -0.4 is 0 Å². The number of likely N-dealkylation sites (tertiary alicyclic amines) is 1. The average Bonchev–Trinajstić information content (AvgIpc) is 3.34. The van der Waals surface area contributed by atoms with Crippen LogP contribution in [0, 0.1) is 0 Å². The molecule has 130 valence electrons. The second-order valence-corrected chi connectivity index (χ2v) is 8.56. The van der Waals surface area contributed by atoms with Gasteiger partial charge in [0.2, 0.25) is 5.91 Å². The molecule has 1 amide bonds. The van der Waals surface area contributed by atoms with E-state index in [2.05, 4.69) is 33.5 Å². The number of carbonyl (C=O) groups excluding carboxylic acids is 1. The van der Waals surface area contributed by atoms with Crippen LogP contribution in [0.3, 0.4) is 0 Å². The lowest BCUT2D eigenvalue weighted by Crippen LogP contribution is -2.37. The maximum atomic E-state index is 12.7. The van der Waals surface area contributed by atoms with Crippen LogP contribution in [0.4, 0.5) is 0 Å². The van der Waals surface area contributed by atoms with Gasteiger partial charge in [0.05, 0.1) is 23.3 Å². The molecule has 6 heteroatoms. The maximum absolute atomic E-state index is 12.7. The van der Waals surface area contributed by atoms with Crippen molar-refractivity contribution in [3.63, 3.8) is 0 Å². The summed E-state index contributed by atoms with van der Waals surface area (Å²) in [6.45, 7) is 2.07. The normalized spacial score (nSPS) is 18.0. The van der Waals surface area contributed by atoms with Crippen LogP contribution in [-0.2, 0) is 11.3 Å². The third kappa shape index (κ3) is 3.61. The van der Waals surface area contributed by atoms with Gasteiger partial charge in [-0.3, -0.25) is 9.69 Å². The van der Waals surface area contributed by atoms with Crippen LogP contribution in [0.5, 0.6) is 0 Å². The molecule has 4 rings (SSSR count). The summed E-state index contributed by atoms with van der Waals surface area (Å²) < 4.78 is 1.18. The van der Waals surface area contributed by atoms with Gasteiger partial charge in [0.1, 0.15) is 5.01 Å². The van der Waals surface area contributed by atoms with Crippen molar-refractivity contribution in [3.05, 3.63) is 51.7 Å². The Labute approximate surface area is 155 Å².